The highest BCUT2D eigenvalue weighted by atomic mass is 16.3. The van der Waals surface area contributed by atoms with Gasteiger partial charge in [0, 0.05) is 13.1 Å². The van der Waals surface area contributed by atoms with Crippen molar-refractivity contribution in [2.24, 2.45) is 5.92 Å². The second kappa shape index (κ2) is 4.07. The Balaban J connectivity index is 2.04. The van der Waals surface area contributed by atoms with Gasteiger partial charge in [-0.3, -0.25) is 0 Å². The van der Waals surface area contributed by atoms with Gasteiger partial charge in [0.1, 0.15) is 0 Å². The molecule has 1 aliphatic carbocycles. The highest BCUT2D eigenvalue weighted by Gasteiger charge is 2.19. The van der Waals surface area contributed by atoms with Gasteiger partial charge in [0.2, 0.25) is 0 Å². The maximum Gasteiger partial charge on any atom is 0.0638 e. The van der Waals surface area contributed by atoms with E-state index in [-0.39, 0.29) is 6.10 Å². The number of nitrogens with zero attached hydrogens (tertiary/aromatic N) is 1. The predicted octanol–water partition coefficient (Wildman–Crippen LogP) is 1.10. The standard InChI is InChI=1S/C9H19NO/c1-8(11)6-10(2)7-9-4-3-5-9/h8-9,11H,3-7H2,1-2H3/t8-/m0/s1. The van der Waals surface area contributed by atoms with Crippen LogP contribution in [0, 0.1) is 5.92 Å². The van der Waals surface area contributed by atoms with Crippen LogP contribution >= 0.6 is 0 Å². The summed E-state index contributed by atoms with van der Waals surface area (Å²) in [6, 6.07) is 0. The second-order valence-electron chi connectivity index (χ2n) is 3.87. The van der Waals surface area contributed by atoms with Crippen molar-refractivity contribution in [3.8, 4) is 0 Å². The molecule has 0 spiro atoms. The van der Waals surface area contributed by atoms with Crippen LogP contribution in [0.3, 0.4) is 0 Å². The Bertz CT molecular complexity index is 110. The normalized spacial score (nSPS) is 21.8. The molecule has 0 aromatic rings. The van der Waals surface area contributed by atoms with Crippen molar-refractivity contribution in [1.82, 2.24) is 4.90 Å². The molecule has 0 amide bonds. The fraction of sp³-hybridized carbons (Fsp3) is 1.00. The Kier molecular flexibility index (Phi) is 3.34. The molecule has 1 saturated carbocycles. The molecule has 0 heterocycles. The molecule has 1 N–H and O–H groups in total. The van der Waals surface area contributed by atoms with Crippen LogP contribution in [0.25, 0.3) is 0 Å². The SMILES string of the molecule is C[C@H](O)CN(C)CC1CCC1. The fourth-order valence-electron chi connectivity index (χ4n) is 1.64. The van der Waals surface area contributed by atoms with Crippen LogP contribution in [-0.2, 0) is 0 Å². The molecule has 0 aliphatic heterocycles. The summed E-state index contributed by atoms with van der Waals surface area (Å²) < 4.78 is 0. The van der Waals surface area contributed by atoms with E-state index >= 15 is 0 Å². The Morgan fingerprint density at radius 3 is 2.55 bits per heavy atom. The molecule has 0 unspecified atom stereocenters. The summed E-state index contributed by atoms with van der Waals surface area (Å²) in [5.74, 6) is 0.916. The van der Waals surface area contributed by atoms with Crippen molar-refractivity contribution in [2.45, 2.75) is 32.3 Å². The number of aliphatic hydroxyl groups is 1. The van der Waals surface area contributed by atoms with Crippen LogP contribution in [0.15, 0.2) is 0 Å². The number of rotatable bonds is 4. The average molecular weight is 157 g/mol. The average Bonchev–Trinajstić information content (AvgIpc) is 1.77. The highest BCUT2D eigenvalue weighted by molar-refractivity contribution is 4.72. The molecule has 1 fully saturated rings. The minimum Gasteiger partial charge on any atom is -0.392 e. The lowest BCUT2D eigenvalue weighted by molar-refractivity contribution is 0.118. The predicted molar refractivity (Wildman–Crippen MR) is 46.5 cm³/mol. The van der Waals surface area contributed by atoms with Gasteiger partial charge in [-0.2, -0.15) is 0 Å². The summed E-state index contributed by atoms with van der Waals surface area (Å²) in [6.45, 7) is 3.83. The Labute approximate surface area is 69.2 Å². The van der Waals surface area contributed by atoms with Gasteiger partial charge in [-0.25, -0.2) is 0 Å². The van der Waals surface area contributed by atoms with Gasteiger partial charge >= 0.3 is 0 Å². The van der Waals surface area contributed by atoms with Crippen molar-refractivity contribution in [3.05, 3.63) is 0 Å². The summed E-state index contributed by atoms with van der Waals surface area (Å²) >= 11 is 0. The summed E-state index contributed by atoms with van der Waals surface area (Å²) in [4.78, 5) is 2.23. The molecule has 1 aliphatic rings. The molecular formula is C9H19NO. The zero-order valence-corrected chi connectivity index (χ0v) is 7.58. The van der Waals surface area contributed by atoms with Gasteiger partial charge in [-0.15, -0.1) is 0 Å². The number of likely N-dealkylation sites (N-methyl/N-ethyl adjacent to an activating group) is 1. The van der Waals surface area contributed by atoms with Gasteiger partial charge in [0.05, 0.1) is 6.10 Å². The molecule has 1 rings (SSSR count). The molecule has 0 bridgehead atoms. The van der Waals surface area contributed by atoms with Gasteiger partial charge < -0.3 is 10.0 Å². The molecule has 0 saturated heterocycles. The van der Waals surface area contributed by atoms with E-state index in [0.717, 1.165) is 12.5 Å². The lowest BCUT2D eigenvalue weighted by atomic mass is 9.85. The van der Waals surface area contributed by atoms with E-state index in [0.29, 0.717) is 0 Å². The van der Waals surface area contributed by atoms with Crippen molar-refractivity contribution < 1.29 is 5.11 Å². The van der Waals surface area contributed by atoms with E-state index in [1.807, 2.05) is 6.92 Å². The molecule has 2 heteroatoms. The summed E-state index contributed by atoms with van der Waals surface area (Å²) in [6.07, 6.45) is 4.02. The smallest absolute Gasteiger partial charge is 0.0638 e. The Hall–Kier alpha value is -0.0800. The Morgan fingerprint density at radius 2 is 2.18 bits per heavy atom. The lowest BCUT2D eigenvalue weighted by Crippen LogP contribution is -2.34. The van der Waals surface area contributed by atoms with Crippen molar-refractivity contribution >= 4 is 0 Å². The number of aliphatic hydroxyl groups excluding tert-OH is 1. The van der Waals surface area contributed by atoms with E-state index < -0.39 is 0 Å². The third-order valence-electron chi connectivity index (χ3n) is 2.37. The molecule has 0 radical (unpaired) electrons. The molecular weight excluding hydrogens is 138 g/mol. The summed E-state index contributed by atoms with van der Waals surface area (Å²) in [5.41, 5.74) is 0. The molecule has 0 aromatic heterocycles. The van der Waals surface area contributed by atoms with E-state index in [4.69, 9.17) is 5.11 Å². The number of hydrogen-bond acceptors (Lipinski definition) is 2. The minimum absolute atomic E-state index is 0.180. The lowest BCUT2D eigenvalue weighted by Gasteiger charge is -2.30. The first kappa shape index (κ1) is 9.01. The van der Waals surface area contributed by atoms with Gasteiger partial charge in [0.25, 0.3) is 0 Å². The zero-order valence-electron chi connectivity index (χ0n) is 7.58. The molecule has 0 aromatic carbocycles. The van der Waals surface area contributed by atoms with Crippen LogP contribution in [0.1, 0.15) is 26.2 Å². The van der Waals surface area contributed by atoms with E-state index in [1.54, 1.807) is 0 Å². The van der Waals surface area contributed by atoms with Crippen LogP contribution in [0.5, 0.6) is 0 Å². The van der Waals surface area contributed by atoms with Crippen LogP contribution in [0.4, 0.5) is 0 Å². The molecule has 2 nitrogen and oxygen atoms in total. The largest absolute Gasteiger partial charge is 0.392 e. The third-order valence-corrected chi connectivity index (χ3v) is 2.37. The van der Waals surface area contributed by atoms with E-state index in [2.05, 4.69) is 11.9 Å². The fourth-order valence-corrected chi connectivity index (χ4v) is 1.64. The summed E-state index contributed by atoms with van der Waals surface area (Å²) in [5, 5.41) is 9.08. The molecule has 1 atom stereocenters. The maximum atomic E-state index is 9.08. The maximum absolute atomic E-state index is 9.08. The zero-order chi connectivity index (χ0) is 8.27. The first-order valence-corrected chi connectivity index (χ1v) is 4.55. The van der Waals surface area contributed by atoms with Gasteiger partial charge in [-0.1, -0.05) is 6.42 Å². The molecule has 11 heavy (non-hydrogen) atoms. The van der Waals surface area contributed by atoms with Crippen LogP contribution < -0.4 is 0 Å². The topological polar surface area (TPSA) is 23.5 Å². The first-order valence-electron chi connectivity index (χ1n) is 4.55. The Morgan fingerprint density at radius 1 is 1.55 bits per heavy atom. The van der Waals surface area contributed by atoms with Crippen molar-refractivity contribution in [2.75, 3.05) is 20.1 Å². The van der Waals surface area contributed by atoms with E-state index in [9.17, 15) is 0 Å². The van der Waals surface area contributed by atoms with Crippen molar-refractivity contribution in [1.29, 1.82) is 0 Å². The monoisotopic (exact) mass is 157 g/mol. The van der Waals surface area contributed by atoms with Gasteiger partial charge in [-0.05, 0) is 32.7 Å². The first-order chi connectivity index (χ1) is 5.18. The highest BCUT2D eigenvalue weighted by Crippen LogP contribution is 2.26. The van der Waals surface area contributed by atoms with E-state index in [1.165, 1.54) is 25.8 Å². The summed E-state index contributed by atoms with van der Waals surface area (Å²) in [7, 11) is 2.09. The third kappa shape index (κ3) is 3.21. The van der Waals surface area contributed by atoms with Crippen LogP contribution in [-0.4, -0.2) is 36.2 Å². The second-order valence-corrected chi connectivity index (χ2v) is 3.87. The van der Waals surface area contributed by atoms with Crippen molar-refractivity contribution in [3.63, 3.8) is 0 Å². The molecule has 66 valence electrons. The quantitative estimate of drug-likeness (QED) is 0.660. The minimum atomic E-state index is -0.180. The van der Waals surface area contributed by atoms with Crippen LogP contribution in [0.2, 0.25) is 0 Å². The van der Waals surface area contributed by atoms with Gasteiger partial charge in [0.15, 0.2) is 0 Å². The number of hydrogen-bond donors (Lipinski definition) is 1.